The summed E-state index contributed by atoms with van der Waals surface area (Å²) in [5.41, 5.74) is 34.6. The smallest absolute Gasteiger partial charge is 0.116 e. The van der Waals surface area contributed by atoms with Gasteiger partial charge >= 0.3 is 0 Å². The molecule has 0 spiro atoms. The molecule has 0 fully saturated rings. The van der Waals surface area contributed by atoms with Crippen LogP contribution in [0.1, 0.15) is 49.6 Å². The van der Waals surface area contributed by atoms with Crippen molar-refractivity contribution in [2.45, 2.75) is 39.0 Å². The Morgan fingerprint density at radius 2 is 0.706 bits per heavy atom. The number of hydrogen-bond acceptors (Lipinski definition) is 7. The molecule has 11 heterocycles. The maximum atomic E-state index is 5.51. The summed E-state index contributed by atoms with van der Waals surface area (Å²) in [6.45, 7) is 6.86. The number of nitrogens with zero attached hydrogens (tertiary/aromatic N) is 11. The van der Waals surface area contributed by atoms with Crippen LogP contribution in [0.3, 0.4) is 0 Å². The Balaban J connectivity index is 0.554. The number of aromatic nitrogens is 11. The van der Waals surface area contributed by atoms with Crippen LogP contribution in [0.2, 0.25) is 0 Å². The lowest BCUT2D eigenvalue weighted by Crippen LogP contribution is -2.05. The van der Waals surface area contributed by atoms with Crippen molar-refractivity contribution < 1.29 is 0 Å². The Labute approximate surface area is 729 Å². The summed E-state index contributed by atoms with van der Waals surface area (Å²) in [6.07, 6.45) is 8.18. The van der Waals surface area contributed by atoms with Crippen molar-refractivity contribution in [3.63, 3.8) is 0 Å². The van der Waals surface area contributed by atoms with Gasteiger partial charge in [0, 0.05) is 122 Å². The molecule has 0 saturated heterocycles. The molecule has 25 rings (SSSR count). The van der Waals surface area contributed by atoms with Gasteiger partial charge in [0.05, 0.1) is 94.2 Å². The van der Waals surface area contributed by atoms with Gasteiger partial charge in [-0.05, 0) is 250 Å². The summed E-state index contributed by atoms with van der Waals surface area (Å²) in [5, 5.41) is 11.8. The van der Waals surface area contributed by atoms with Crippen LogP contribution >= 0.6 is 11.3 Å². The van der Waals surface area contributed by atoms with E-state index in [0.29, 0.717) is 0 Å². The highest BCUT2D eigenvalue weighted by molar-refractivity contribution is 7.25. The molecular formula is C114H77N11S. The molecule has 12 heteroatoms. The van der Waals surface area contributed by atoms with Crippen molar-refractivity contribution in [2.24, 2.45) is 0 Å². The monoisotopic (exact) mass is 1630 g/mol. The van der Waals surface area contributed by atoms with E-state index in [4.69, 9.17) is 24.9 Å². The van der Waals surface area contributed by atoms with Gasteiger partial charge in [-0.1, -0.05) is 197 Å². The standard InChI is InChI=1S/C114H77N11S/c1-69(2)96-60-79(73-34-40-82(41-35-73)121-101-29-16-13-26-86(101)90-56-75(36-45-105(90)121)76-37-46-106-91(57-76)87-27-14-17-30-102(87)123(106)83-42-49-109-94(64-83)113-110(67-115-68-118-113)122(109)81-24-11-6-12-25-81)61-97(119-96)70(3)54-71-33-44-104-89(55-71)93-59-78(77-38-47-107-92(58-77)88-28-15-18-31-103(88)124(107)84-43-50-111-95(65-84)114-112(126-111)32-19-52-117-114)39-48-108(93)125(104)85-51-53-116-99(66-85)100-63-80(72-20-7-4-8-21-72)62-98(120-100)74-22-9-5-10-23-74/h4-53,55-70H,54H2,1-3H3. The van der Waals surface area contributed by atoms with Gasteiger partial charge < -0.3 is 22.8 Å². The summed E-state index contributed by atoms with van der Waals surface area (Å²) in [4.78, 5) is 30.1. The Morgan fingerprint density at radius 1 is 0.254 bits per heavy atom. The van der Waals surface area contributed by atoms with Crippen LogP contribution in [0.5, 0.6) is 0 Å². The van der Waals surface area contributed by atoms with Gasteiger partial charge in [-0.2, -0.15) is 0 Å². The van der Waals surface area contributed by atoms with E-state index in [2.05, 4.69) is 407 Å². The summed E-state index contributed by atoms with van der Waals surface area (Å²) in [7, 11) is 0. The molecule has 11 aromatic heterocycles. The third-order valence-corrected chi connectivity index (χ3v) is 27.0. The Kier molecular flexibility index (Phi) is 16.8. The van der Waals surface area contributed by atoms with Gasteiger partial charge in [-0.3, -0.25) is 15.0 Å². The lowest BCUT2D eigenvalue weighted by molar-refractivity contribution is 0.711. The van der Waals surface area contributed by atoms with E-state index < -0.39 is 0 Å². The summed E-state index contributed by atoms with van der Waals surface area (Å²) in [5.74, 6) is 0.281. The van der Waals surface area contributed by atoms with Crippen molar-refractivity contribution in [1.82, 2.24) is 52.7 Å². The first-order valence-electron chi connectivity index (χ1n) is 43.1. The molecule has 11 nitrogen and oxygen atoms in total. The average molecular weight is 1630 g/mol. The molecule has 594 valence electrons. The van der Waals surface area contributed by atoms with Gasteiger partial charge in [0.15, 0.2) is 0 Å². The van der Waals surface area contributed by atoms with Crippen LogP contribution in [-0.2, 0) is 6.42 Å². The van der Waals surface area contributed by atoms with Crippen LogP contribution in [-0.4, -0.2) is 52.7 Å². The maximum absolute atomic E-state index is 5.51. The lowest BCUT2D eigenvalue weighted by atomic mass is 9.93. The van der Waals surface area contributed by atoms with Crippen LogP contribution < -0.4 is 0 Å². The molecule has 25 aromatic rings. The predicted molar refractivity (Wildman–Crippen MR) is 523 cm³/mol. The summed E-state index contributed by atoms with van der Waals surface area (Å²) >= 11 is 1.79. The van der Waals surface area contributed by atoms with Gasteiger partial charge in [-0.25, -0.2) is 15.0 Å². The molecular weight excluding hydrogens is 1560 g/mol. The third-order valence-electron chi connectivity index (χ3n) is 25.9. The predicted octanol–water partition coefficient (Wildman–Crippen LogP) is 29.4. The number of rotatable bonds is 15. The van der Waals surface area contributed by atoms with Gasteiger partial charge in [0.25, 0.3) is 0 Å². The molecule has 14 aromatic carbocycles. The molecule has 0 aliphatic carbocycles. The molecule has 0 amide bonds. The first-order chi connectivity index (χ1) is 62.2. The molecule has 1 atom stereocenters. The van der Waals surface area contributed by atoms with E-state index in [1.165, 1.54) is 58.1 Å². The molecule has 1 unspecified atom stereocenters. The highest BCUT2D eigenvalue weighted by Crippen LogP contribution is 2.46. The number of para-hydroxylation sites is 4. The summed E-state index contributed by atoms with van der Waals surface area (Å²) in [6, 6.07) is 133. The second kappa shape index (κ2) is 29.1. The van der Waals surface area contributed by atoms with Crippen molar-refractivity contribution in [2.75, 3.05) is 0 Å². The van der Waals surface area contributed by atoms with Crippen LogP contribution in [0.25, 0.3) is 225 Å². The SMILES string of the molecule is CC(C)c1cc(-c2ccc(-n3c4ccccc4c4cc(-c5ccc6c(c5)c5ccccc5n6-c5ccc6c(c5)c5ncncc5n6-c5ccccc5)ccc43)cc2)cc(C(C)Cc2ccc3c(c2)c2cc(-c4ccc5c(c4)c4ccccc4n5-c4ccc5sc6cccnc6c5c4)ccc2n3-c2ccnc(-c3cc(-c4ccccc4)cc(-c4ccccc4)n3)c2)n1. The van der Waals surface area contributed by atoms with Crippen molar-refractivity contribution in [3.05, 3.63) is 406 Å². The normalized spacial score (nSPS) is 12.3. The molecule has 0 aliphatic heterocycles. The second-order valence-corrected chi connectivity index (χ2v) is 34.8. The molecule has 0 N–H and O–H groups in total. The van der Waals surface area contributed by atoms with E-state index >= 15 is 0 Å². The van der Waals surface area contributed by atoms with Gasteiger partial charge in [-0.15, -0.1) is 11.3 Å². The minimum Gasteiger partial charge on any atom is -0.309 e. The fourth-order valence-corrected chi connectivity index (χ4v) is 20.9. The van der Waals surface area contributed by atoms with E-state index in [9.17, 15) is 0 Å². The Hall–Kier alpha value is -16.0. The molecule has 126 heavy (non-hydrogen) atoms. The number of benzene rings is 14. The first kappa shape index (κ1) is 72.8. The van der Waals surface area contributed by atoms with Crippen molar-refractivity contribution in [3.8, 4) is 95.6 Å². The quantitative estimate of drug-likeness (QED) is 0.101. The van der Waals surface area contributed by atoms with Crippen LogP contribution in [0, 0.1) is 0 Å². The molecule has 0 bridgehead atoms. The highest BCUT2D eigenvalue weighted by Gasteiger charge is 2.25. The zero-order valence-electron chi connectivity index (χ0n) is 69.1. The largest absolute Gasteiger partial charge is 0.309 e. The Morgan fingerprint density at radius 3 is 1.33 bits per heavy atom. The molecule has 0 aliphatic rings. The number of hydrogen-bond donors (Lipinski definition) is 0. The minimum absolute atomic E-state index is 0.0748. The third kappa shape index (κ3) is 11.9. The van der Waals surface area contributed by atoms with E-state index in [0.717, 1.165) is 190 Å². The van der Waals surface area contributed by atoms with E-state index in [1.54, 1.807) is 17.7 Å². The van der Waals surface area contributed by atoms with E-state index in [1.807, 2.05) is 24.7 Å². The van der Waals surface area contributed by atoms with Gasteiger partial charge in [0.2, 0.25) is 0 Å². The van der Waals surface area contributed by atoms with E-state index in [-0.39, 0.29) is 11.8 Å². The summed E-state index contributed by atoms with van der Waals surface area (Å²) < 4.78 is 14.4. The maximum Gasteiger partial charge on any atom is 0.116 e. The molecule has 0 radical (unpaired) electrons. The average Bonchev–Trinajstić information content (AvgIpc) is 1.58. The highest BCUT2D eigenvalue weighted by atomic mass is 32.1. The second-order valence-electron chi connectivity index (χ2n) is 33.7. The molecule has 0 saturated carbocycles. The van der Waals surface area contributed by atoms with Crippen molar-refractivity contribution >= 4 is 141 Å². The number of thiophene rings is 1. The fourth-order valence-electron chi connectivity index (χ4n) is 19.9. The first-order valence-corrected chi connectivity index (χ1v) is 44.0. The zero-order chi connectivity index (χ0) is 83.4. The minimum atomic E-state index is 0.0748. The number of fused-ring (bicyclic) bond motifs is 18. The van der Waals surface area contributed by atoms with Crippen LogP contribution in [0.15, 0.2) is 389 Å². The lowest BCUT2D eigenvalue weighted by Gasteiger charge is -2.17. The zero-order valence-corrected chi connectivity index (χ0v) is 70.0. The topological polar surface area (TPSA) is 102 Å². The van der Waals surface area contributed by atoms with Gasteiger partial charge in [0.1, 0.15) is 6.33 Å². The van der Waals surface area contributed by atoms with Crippen molar-refractivity contribution in [1.29, 1.82) is 0 Å². The fraction of sp³-hybridized carbons (Fsp3) is 0.0526. The van der Waals surface area contributed by atoms with Crippen LogP contribution in [0.4, 0.5) is 0 Å². The Bertz CT molecular complexity index is 8690. The number of pyridine rings is 4.